The zero-order valence-electron chi connectivity index (χ0n) is 58.7. The molecule has 0 saturated carbocycles. The second-order valence-corrected chi connectivity index (χ2v) is 28.4. The van der Waals surface area contributed by atoms with Gasteiger partial charge in [-0.3, -0.25) is 57.5 Å². The number of hydrogen-bond donors (Lipinski definition) is 4. The molecule has 4 aromatic carbocycles. The Labute approximate surface area is 617 Å². The van der Waals surface area contributed by atoms with Gasteiger partial charge in [-0.1, -0.05) is 82.1 Å². The number of anilines is 4. The second-order valence-electron chi connectivity index (χ2n) is 26.6. The quantitative estimate of drug-likeness (QED) is 0.0182. The van der Waals surface area contributed by atoms with E-state index in [0.717, 1.165) is 24.1 Å². The Morgan fingerprint density at radius 1 is 0.417 bits per heavy atom. The molecule has 12 unspecified atom stereocenters. The number of aliphatic hydroxyl groups is 1. The van der Waals surface area contributed by atoms with Crippen LogP contribution < -0.4 is 30.2 Å². The van der Waals surface area contributed by atoms with E-state index in [0.29, 0.717) is 85.0 Å². The van der Waals surface area contributed by atoms with Crippen LogP contribution >= 0.6 is 31.9 Å². The Morgan fingerprint density at radius 2 is 0.767 bits per heavy atom. The molecule has 103 heavy (non-hydrogen) atoms. The number of carboxylic acids is 1. The number of carbonyl (C=O) groups is 12. The number of amides is 10. The zero-order chi connectivity index (χ0) is 74.3. The monoisotopic (exact) mass is 1550 g/mol. The number of halogens is 2. The molecular formula is C76H94Br2N6O19. The van der Waals surface area contributed by atoms with Crippen LogP contribution in [0.25, 0.3) is 0 Å². The first-order chi connectivity index (χ1) is 49.5. The molecule has 0 aliphatic carbocycles. The van der Waals surface area contributed by atoms with Crippen molar-refractivity contribution in [2.45, 2.75) is 155 Å². The van der Waals surface area contributed by atoms with E-state index in [2.05, 4.69) is 42.5 Å². The summed E-state index contributed by atoms with van der Waals surface area (Å²) >= 11 is 6.82. The largest absolute Gasteiger partial charge is 0.481 e. The molecule has 12 atom stereocenters. The van der Waals surface area contributed by atoms with Gasteiger partial charge in [-0.2, -0.15) is 0 Å². The minimum Gasteiger partial charge on any atom is -0.481 e. The van der Waals surface area contributed by atoms with Crippen molar-refractivity contribution in [2.24, 2.45) is 47.3 Å². The molecule has 4 aliphatic rings. The summed E-state index contributed by atoms with van der Waals surface area (Å²) in [6.45, 7) is 7.51. The third-order valence-electron chi connectivity index (χ3n) is 19.4. The number of carboxylic acid groups (broad SMARTS) is 1. The Kier molecular flexibility index (Phi) is 31.2. The highest BCUT2D eigenvalue weighted by molar-refractivity contribution is 9.10. The maximum atomic E-state index is 14.8. The molecule has 10 amide bonds. The lowest BCUT2D eigenvalue weighted by Gasteiger charge is -2.29. The van der Waals surface area contributed by atoms with E-state index >= 15 is 0 Å². The molecule has 4 N–H and O–H groups in total. The molecule has 4 fully saturated rings. The predicted molar refractivity (Wildman–Crippen MR) is 386 cm³/mol. The number of benzene rings is 4. The highest BCUT2D eigenvalue weighted by atomic mass is 79.9. The van der Waals surface area contributed by atoms with Gasteiger partial charge in [0, 0.05) is 80.8 Å². The lowest BCUT2D eigenvalue weighted by molar-refractivity contribution is -0.144. The standard InChI is InChI=1S/C76H94Br2N6O19/c1-47-65(73(95)81(69(47)91)53-21-7-5-8-22-53)59(45-57-67(49(3)99-40-16-15-39-85)75(97)83(71(57)93)54-23-9-6-10-24-54)101-41-17-18-42-103-64(90)28-14-12-26-62(87)79-37-19-43-100-50(4)68-58(72(94)84(76(68)98)56-35-31-52(78)32-36-56)46-60(102-44-20-38-80-61(86)25-11-13-27-63(88)89)66-48(2)70(92)82(74(66)96)55-33-29-51(77)30-34-55/h5-10,21-24,29-36,47-50,57-60,65-68,85H,11-20,25-28,37-46H2,1-4H3,(H,79,87)(H,80,86)(H,88,89). The van der Waals surface area contributed by atoms with Crippen molar-refractivity contribution in [2.75, 3.05) is 72.3 Å². The van der Waals surface area contributed by atoms with Crippen molar-refractivity contribution in [3.63, 3.8) is 0 Å². The highest BCUT2D eigenvalue weighted by Crippen LogP contribution is 2.44. The summed E-state index contributed by atoms with van der Waals surface area (Å²) in [4.78, 5) is 169. The molecule has 4 saturated heterocycles. The van der Waals surface area contributed by atoms with Gasteiger partial charge in [0.15, 0.2) is 0 Å². The van der Waals surface area contributed by atoms with Gasteiger partial charge in [-0.15, -0.1) is 0 Å². The normalized spacial score (nSPS) is 21.8. The number of aliphatic hydroxyl groups excluding tert-OH is 1. The Morgan fingerprint density at radius 3 is 1.19 bits per heavy atom. The van der Waals surface area contributed by atoms with Gasteiger partial charge in [0.25, 0.3) is 0 Å². The van der Waals surface area contributed by atoms with Gasteiger partial charge < -0.3 is 44.5 Å². The minimum atomic E-state index is -1.08. The van der Waals surface area contributed by atoms with Crippen LogP contribution in [0.3, 0.4) is 0 Å². The van der Waals surface area contributed by atoms with Crippen LogP contribution in [0.2, 0.25) is 0 Å². The van der Waals surface area contributed by atoms with Crippen molar-refractivity contribution >= 4 is 126 Å². The lowest BCUT2D eigenvalue weighted by atomic mass is 9.80. The SMILES string of the molecule is CC(OCCCCO)C1C(=O)N(c2ccccc2)C(=O)C1CC(OCCCCOC(=O)CCCCC(=O)NCCCOC(C)C1C(=O)N(c2ccc(Br)cc2)C(=O)C1CC(OCCCNC(=O)CCCCC(=O)O)C1C(=O)N(c2ccc(Br)cc2)C(=O)C1C)C1C(=O)N(c2ccccc2)C(=O)C1C. The molecule has 0 radical (unpaired) electrons. The maximum Gasteiger partial charge on any atom is 0.305 e. The average Bonchev–Trinajstić information content (AvgIpc) is 1.62. The van der Waals surface area contributed by atoms with Crippen LogP contribution in [0.1, 0.15) is 130 Å². The number of imide groups is 4. The maximum absolute atomic E-state index is 14.8. The number of nitrogens with one attached hydrogen (secondary N) is 2. The van der Waals surface area contributed by atoms with Gasteiger partial charge in [-0.05, 0) is 164 Å². The summed E-state index contributed by atoms with van der Waals surface area (Å²) in [7, 11) is 0. The van der Waals surface area contributed by atoms with E-state index in [1.54, 1.807) is 137 Å². The van der Waals surface area contributed by atoms with E-state index < -0.39 is 131 Å². The second kappa shape index (κ2) is 39.8. The molecule has 4 aliphatic heterocycles. The molecular weight excluding hydrogens is 1460 g/mol. The van der Waals surface area contributed by atoms with Crippen molar-refractivity contribution in [3.8, 4) is 0 Å². The number of ether oxygens (including phenoxy) is 5. The first-order valence-corrected chi connectivity index (χ1v) is 37.2. The van der Waals surface area contributed by atoms with Gasteiger partial charge in [0.2, 0.25) is 59.1 Å². The fourth-order valence-corrected chi connectivity index (χ4v) is 14.5. The number of esters is 1. The van der Waals surface area contributed by atoms with Crippen LogP contribution in [-0.4, -0.2) is 158 Å². The topological polar surface area (TPSA) is 328 Å². The van der Waals surface area contributed by atoms with Gasteiger partial charge in [-0.25, -0.2) is 19.6 Å². The van der Waals surface area contributed by atoms with Gasteiger partial charge >= 0.3 is 11.9 Å². The summed E-state index contributed by atoms with van der Waals surface area (Å²) in [5.41, 5.74) is 1.45. The van der Waals surface area contributed by atoms with Crippen molar-refractivity contribution in [1.82, 2.24) is 10.6 Å². The highest BCUT2D eigenvalue weighted by Gasteiger charge is 2.58. The molecule has 4 heterocycles. The lowest BCUT2D eigenvalue weighted by Crippen LogP contribution is -2.40. The van der Waals surface area contributed by atoms with E-state index in [9.17, 15) is 62.6 Å². The summed E-state index contributed by atoms with van der Waals surface area (Å²) in [5, 5.41) is 24.0. The number of aliphatic carboxylic acids is 1. The molecule has 0 bridgehead atoms. The van der Waals surface area contributed by atoms with Crippen LogP contribution in [0, 0.1) is 47.3 Å². The van der Waals surface area contributed by atoms with Crippen LogP contribution in [0.5, 0.6) is 0 Å². The zero-order valence-corrected chi connectivity index (χ0v) is 61.8. The molecule has 0 aromatic heterocycles. The molecule has 556 valence electrons. The molecule has 27 heteroatoms. The number of hydrogen-bond acceptors (Lipinski definition) is 18. The number of carbonyl (C=O) groups excluding carboxylic acids is 11. The summed E-state index contributed by atoms with van der Waals surface area (Å²) in [5.74, 6) is -13.8. The number of rotatable bonds is 43. The molecule has 4 aromatic rings. The van der Waals surface area contributed by atoms with Crippen LogP contribution in [0.4, 0.5) is 22.7 Å². The van der Waals surface area contributed by atoms with E-state index in [-0.39, 0.29) is 109 Å². The minimum absolute atomic E-state index is 0.00584. The van der Waals surface area contributed by atoms with Crippen molar-refractivity contribution in [3.05, 3.63) is 118 Å². The van der Waals surface area contributed by atoms with Crippen molar-refractivity contribution in [1.29, 1.82) is 0 Å². The summed E-state index contributed by atoms with van der Waals surface area (Å²) in [6.07, 6.45) is 0.278. The first kappa shape index (κ1) is 80.8. The molecule has 25 nitrogen and oxygen atoms in total. The number of para-hydroxylation sites is 2. The first-order valence-electron chi connectivity index (χ1n) is 35.6. The van der Waals surface area contributed by atoms with Crippen LogP contribution in [0.15, 0.2) is 118 Å². The number of unbranched alkanes of at least 4 members (excludes halogenated alkanes) is 4. The average molecular weight is 1560 g/mol. The fourth-order valence-electron chi connectivity index (χ4n) is 13.9. The third kappa shape index (κ3) is 21.4. The number of nitrogens with zero attached hydrogens (tertiary/aromatic N) is 4. The summed E-state index contributed by atoms with van der Waals surface area (Å²) in [6, 6.07) is 30.4. The Bertz CT molecular complexity index is 3590. The molecule has 8 rings (SSSR count). The van der Waals surface area contributed by atoms with E-state index in [1.807, 2.05) is 0 Å². The van der Waals surface area contributed by atoms with E-state index in [1.165, 1.54) is 0 Å². The third-order valence-corrected chi connectivity index (χ3v) is 20.4. The van der Waals surface area contributed by atoms with Crippen molar-refractivity contribution < 1.29 is 91.4 Å². The Hall–Kier alpha value is -7.92. The molecule has 0 spiro atoms. The Balaban J connectivity index is 0.809. The summed E-state index contributed by atoms with van der Waals surface area (Å²) < 4.78 is 32.4. The fraction of sp³-hybridized carbons (Fsp3) is 0.526. The smallest absolute Gasteiger partial charge is 0.305 e. The van der Waals surface area contributed by atoms with Gasteiger partial charge in [0.05, 0.1) is 101 Å². The van der Waals surface area contributed by atoms with Gasteiger partial charge in [0.1, 0.15) is 0 Å². The van der Waals surface area contributed by atoms with Crippen LogP contribution in [-0.2, 0) is 81.2 Å². The van der Waals surface area contributed by atoms with E-state index in [4.69, 9.17) is 28.8 Å². The predicted octanol–water partition coefficient (Wildman–Crippen LogP) is 9.45.